The van der Waals surface area contributed by atoms with Crippen molar-refractivity contribution in [3.8, 4) is 5.75 Å². The Kier molecular flexibility index (Phi) is 8.15. The van der Waals surface area contributed by atoms with Crippen LogP contribution in [0.25, 0.3) is 0 Å². The van der Waals surface area contributed by atoms with Crippen molar-refractivity contribution in [3.05, 3.63) is 62.6 Å². The minimum atomic E-state index is -0.191. The maximum absolute atomic E-state index is 11.9. The summed E-state index contributed by atoms with van der Waals surface area (Å²) in [5, 5.41) is 5.33. The molecule has 0 unspecified atom stereocenters. The van der Waals surface area contributed by atoms with E-state index in [0.29, 0.717) is 46.2 Å². The van der Waals surface area contributed by atoms with Gasteiger partial charge in [-0.2, -0.15) is 5.10 Å². The lowest BCUT2D eigenvalue weighted by molar-refractivity contribution is -0.123. The number of hydrogen-bond acceptors (Lipinski definition) is 5. The zero-order valence-corrected chi connectivity index (χ0v) is 17.8. The van der Waals surface area contributed by atoms with E-state index in [1.807, 2.05) is 17.0 Å². The summed E-state index contributed by atoms with van der Waals surface area (Å²) in [6.45, 7) is 3.33. The quantitative estimate of drug-likeness (QED) is 0.505. The first-order chi connectivity index (χ1) is 14.0. The molecule has 1 aliphatic heterocycles. The van der Waals surface area contributed by atoms with Crippen LogP contribution in [0.1, 0.15) is 11.1 Å². The van der Waals surface area contributed by atoms with Crippen molar-refractivity contribution in [2.24, 2.45) is 5.10 Å². The third kappa shape index (κ3) is 6.87. The van der Waals surface area contributed by atoms with Crippen molar-refractivity contribution in [2.45, 2.75) is 6.61 Å². The summed E-state index contributed by atoms with van der Waals surface area (Å²) in [5.74, 6) is 0.194. The second-order valence-corrected chi connectivity index (χ2v) is 7.66. The van der Waals surface area contributed by atoms with Crippen molar-refractivity contribution in [1.82, 2.24) is 10.3 Å². The molecule has 6 nitrogen and oxygen atoms in total. The van der Waals surface area contributed by atoms with Crippen LogP contribution in [0.3, 0.4) is 0 Å². The molecule has 0 spiro atoms. The summed E-state index contributed by atoms with van der Waals surface area (Å²) in [6, 6.07) is 10.6. The van der Waals surface area contributed by atoms with Gasteiger partial charge in [0.1, 0.15) is 6.61 Å². The molecule has 0 bridgehead atoms. The lowest BCUT2D eigenvalue weighted by Crippen LogP contribution is -2.42. The van der Waals surface area contributed by atoms with Crippen molar-refractivity contribution >= 4 is 46.9 Å². The summed E-state index contributed by atoms with van der Waals surface area (Å²) in [4.78, 5) is 14.0. The van der Waals surface area contributed by atoms with Crippen molar-refractivity contribution < 1.29 is 14.3 Å². The van der Waals surface area contributed by atoms with E-state index < -0.39 is 0 Å². The monoisotopic (exact) mass is 455 g/mol. The number of ether oxygens (including phenoxy) is 2. The molecule has 1 amide bonds. The van der Waals surface area contributed by atoms with Crippen LogP contribution in [0.5, 0.6) is 5.75 Å². The SMILES string of the molecule is O=C(CN1CCOCC1)N/N=C\c1cc(Cl)c(OCc2ccc(Cl)cc2)c(Cl)c1. The molecule has 0 aliphatic carbocycles. The van der Waals surface area contributed by atoms with E-state index in [1.165, 1.54) is 6.21 Å². The zero-order chi connectivity index (χ0) is 20.6. The molecule has 1 heterocycles. The number of benzene rings is 2. The van der Waals surface area contributed by atoms with E-state index in [9.17, 15) is 4.79 Å². The molecule has 9 heteroatoms. The lowest BCUT2D eigenvalue weighted by atomic mass is 10.2. The number of morpholine rings is 1. The highest BCUT2D eigenvalue weighted by Gasteiger charge is 2.14. The van der Waals surface area contributed by atoms with E-state index in [-0.39, 0.29) is 12.5 Å². The minimum Gasteiger partial charge on any atom is -0.486 e. The van der Waals surface area contributed by atoms with Gasteiger partial charge in [0, 0.05) is 18.1 Å². The molecule has 1 saturated heterocycles. The molecule has 0 atom stereocenters. The smallest absolute Gasteiger partial charge is 0.254 e. The van der Waals surface area contributed by atoms with Crippen LogP contribution < -0.4 is 10.2 Å². The minimum absolute atomic E-state index is 0.191. The van der Waals surface area contributed by atoms with Gasteiger partial charge in [-0.3, -0.25) is 9.69 Å². The second-order valence-electron chi connectivity index (χ2n) is 6.41. The first-order valence-corrected chi connectivity index (χ1v) is 10.1. The molecule has 0 saturated carbocycles. The van der Waals surface area contributed by atoms with E-state index in [0.717, 1.165) is 18.7 Å². The van der Waals surface area contributed by atoms with Crippen LogP contribution in [-0.4, -0.2) is 49.9 Å². The Morgan fingerprint density at radius 3 is 2.45 bits per heavy atom. The summed E-state index contributed by atoms with van der Waals surface area (Å²) >= 11 is 18.5. The predicted octanol–water partition coefficient (Wildman–Crippen LogP) is 4.01. The van der Waals surface area contributed by atoms with E-state index in [2.05, 4.69) is 10.5 Å². The molecule has 1 fully saturated rings. The maximum atomic E-state index is 11.9. The molecule has 29 heavy (non-hydrogen) atoms. The Morgan fingerprint density at radius 1 is 1.14 bits per heavy atom. The van der Waals surface area contributed by atoms with E-state index >= 15 is 0 Å². The number of nitrogens with zero attached hydrogens (tertiary/aromatic N) is 2. The Labute approximate surface area is 184 Å². The highest BCUT2D eigenvalue weighted by Crippen LogP contribution is 2.34. The Bertz CT molecular complexity index is 846. The van der Waals surface area contributed by atoms with Crippen LogP contribution in [0.15, 0.2) is 41.5 Å². The average molecular weight is 457 g/mol. The second kappa shape index (κ2) is 10.8. The van der Waals surface area contributed by atoms with Crippen LogP contribution in [0, 0.1) is 0 Å². The number of carbonyl (C=O) groups excluding carboxylic acids is 1. The number of hydrazone groups is 1. The molecule has 1 aliphatic rings. The van der Waals surface area contributed by atoms with Crippen LogP contribution >= 0.6 is 34.8 Å². The fourth-order valence-corrected chi connectivity index (χ4v) is 3.44. The molecular formula is C20H20Cl3N3O3. The van der Waals surface area contributed by atoms with Gasteiger partial charge in [0.15, 0.2) is 5.75 Å². The van der Waals surface area contributed by atoms with Gasteiger partial charge in [0.25, 0.3) is 5.91 Å². The van der Waals surface area contributed by atoms with E-state index in [4.69, 9.17) is 44.3 Å². The molecule has 3 rings (SSSR count). The molecule has 2 aromatic rings. The highest BCUT2D eigenvalue weighted by molar-refractivity contribution is 6.37. The Hall–Kier alpha value is -1.83. The summed E-state index contributed by atoms with van der Waals surface area (Å²) in [6.07, 6.45) is 1.48. The largest absolute Gasteiger partial charge is 0.486 e. The van der Waals surface area contributed by atoms with Crippen LogP contribution in [0.4, 0.5) is 0 Å². The van der Waals surface area contributed by atoms with Gasteiger partial charge >= 0.3 is 0 Å². The van der Waals surface area contributed by atoms with Gasteiger partial charge in [-0.05, 0) is 35.4 Å². The van der Waals surface area contributed by atoms with Gasteiger partial charge in [-0.1, -0.05) is 46.9 Å². The lowest BCUT2D eigenvalue weighted by Gasteiger charge is -2.25. The third-order valence-corrected chi connectivity index (χ3v) is 5.00. The van der Waals surface area contributed by atoms with Gasteiger partial charge in [-0.15, -0.1) is 0 Å². The number of halogens is 3. The van der Waals surface area contributed by atoms with Crippen molar-refractivity contribution in [2.75, 3.05) is 32.8 Å². The normalized spacial score (nSPS) is 14.9. The van der Waals surface area contributed by atoms with Crippen molar-refractivity contribution in [1.29, 1.82) is 0 Å². The number of nitrogens with one attached hydrogen (secondary N) is 1. The molecular weight excluding hydrogens is 437 g/mol. The number of hydrogen-bond donors (Lipinski definition) is 1. The van der Waals surface area contributed by atoms with Gasteiger partial charge in [0.05, 0.1) is 36.0 Å². The summed E-state index contributed by atoms with van der Waals surface area (Å²) in [7, 11) is 0. The number of amides is 1. The first kappa shape index (κ1) is 21.9. The molecule has 0 radical (unpaired) electrons. The fraction of sp³-hybridized carbons (Fsp3) is 0.300. The van der Waals surface area contributed by atoms with Crippen molar-refractivity contribution in [3.63, 3.8) is 0 Å². The highest BCUT2D eigenvalue weighted by atomic mass is 35.5. The Balaban J connectivity index is 1.54. The average Bonchev–Trinajstić information content (AvgIpc) is 2.69. The maximum Gasteiger partial charge on any atom is 0.254 e. The topological polar surface area (TPSA) is 63.2 Å². The van der Waals surface area contributed by atoms with Gasteiger partial charge in [-0.25, -0.2) is 5.43 Å². The van der Waals surface area contributed by atoms with Crippen LogP contribution in [0.2, 0.25) is 15.1 Å². The number of carbonyl (C=O) groups is 1. The zero-order valence-electron chi connectivity index (χ0n) is 15.5. The van der Waals surface area contributed by atoms with Crippen LogP contribution in [-0.2, 0) is 16.1 Å². The van der Waals surface area contributed by atoms with Gasteiger partial charge < -0.3 is 9.47 Å². The number of rotatable bonds is 7. The predicted molar refractivity (Wildman–Crippen MR) is 115 cm³/mol. The standard InChI is InChI=1S/C20H20Cl3N3O3/c21-16-3-1-14(2-4-16)13-29-20-17(22)9-15(10-18(20)23)11-24-25-19(27)12-26-5-7-28-8-6-26/h1-4,9-11H,5-8,12-13H2,(H,25,27)/b24-11-. The van der Waals surface area contributed by atoms with E-state index in [1.54, 1.807) is 24.3 Å². The third-order valence-electron chi connectivity index (χ3n) is 4.19. The fourth-order valence-electron chi connectivity index (χ4n) is 2.70. The molecule has 154 valence electrons. The summed E-state index contributed by atoms with van der Waals surface area (Å²) < 4.78 is 11.0. The molecule has 1 N–H and O–H groups in total. The first-order valence-electron chi connectivity index (χ1n) is 8.99. The van der Waals surface area contributed by atoms with Gasteiger partial charge in [0.2, 0.25) is 0 Å². The molecule has 0 aromatic heterocycles. The molecule has 2 aromatic carbocycles. The Morgan fingerprint density at radius 2 is 1.79 bits per heavy atom. The summed E-state index contributed by atoms with van der Waals surface area (Å²) in [5.41, 5.74) is 4.09.